The molecule has 0 radical (unpaired) electrons. The Morgan fingerprint density at radius 3 is 2.50 bits per heavy atom. The minimum absolute atomic E-state index is 0.153. The summed E-state index contributed by atoms with van der Waals surface area (Å²) in [6.45, 7) is 4.24. The highest BCUT2D eigenvalue weighted by Crippen LogP contribution is 2.27. The van der Waals surface area contributed by atoms with Crippen molar-refractivity contribution in [2.45, 2.75) is 25.3 Å². The van der Waals surface area contributed by atoms with Gasteiger partial charge in [0.05, 0.1) is 29.1 Å². The number of para-hydroxylation sites is 1. The first-order chi connectivity index (χ1) is 13.5. The number of nitrogens with one attached hydrogen (secondary N) is 1. The summed E-state index contributed by atoms with van der Waals surface area (Å²) in [4.78, 5) is 4.41. The van der Waals surface area contributed by atoms with Gasteiger partial charge in [-0.2, -0.15) is 5.10 Å². The lowest BCUT2D eigenvalue weighted by Gasteiger charge is -2.11. The molecular formula is C21H20N4O2S. The zero-order valence-electron chi connectivity index (χ0n) is 15.6. The summed E-state index contributed by atoms with van der Waals surface area (Å²) in [6.07, 6.45) is 1.59. The van der Waals surface area contributed by atoms with Gasteiger partial charge in [-0.3, -0.25) is 14.4 Å². The molecule has 7 heteroatoms. The van der Waals surface area contributed by atoms with Gasteiger partial charge in [0.2, 0.25) is 0 Å². The average molecular weight is 392 g/mol. The molecule has 28 heavy (non-hydrogen) atoms. The van der Waals surface area contributed by atoms with E-state index in [-0.39, 0.29) is 4.90 Å². The zero-order valence-corrected chi connectivity index (χ0v) is 16.4. The van der Waals surface area contributed by atoms with Crippen LogP contribution in [0.15, 0.2) is 71.8 Å². The van der Waals surface area contributed by atoms with Crippen LogP contribution in [0.3, 0.4) is 0 Å². The number of hydrogen-bond donors (Lipinski definition) is 1. The fraction of sp³-hybridized carbons (Fsp3) is 0.143. The van der Waals surface area contributed by atoms with Crippen molar-refractivity contribution >= 4 is 26.6 Å². The number of fused-ring (bicyclic) bond motifs is 1. The summed E-state index contributed by atoms with van der Waals surface area (Å²) >= 11 is 0. The van der Waals surface area contributed by atoms with Gasteiger partial charge in [0.1, 0.15) is 4.90 Å². The quantitative estimate of drug-likeness (QED) is 0.559. The van der Waals surface area contributed by atoms with E-state index in [1.54, 1.807) is 31.3 Å². The Morgan fingerprint density at radius 1 is 0.964 bits per heavy atom. The van der Waals surface area contributed by atoms with E-state index in [9.17, 15) is 8.42 Å². The second-order valence-corrected chi connectivity index (χ2v) is 8.28. The topological polar surface area (TPSA) is 76.9 Å². The fourth-order valence-electron chi connectivity index (χ4n) is 3.24. The highest BCUT2D eigenvalue weighted by Gasteiger charge is 2.22. The maximum Gasteiger partial charge on any atom is 0.264 e. The first kappa shape index (κ1) is 18.2. The lowest BCUT2D eigenvalue weighted by molar-refractivity contribution is 0.601. The van der Waals surface area contributed by atoms with Crippen molar-refractivity contribution in [2.75, 3.05) is 4.72 Å². The number of sulfonamides is 1. The number of hydrogen-bond acceptors (Lipinski definition) is 4. The molecule has 2 aromatic carbocycles. The molecule has 0 saturated carbocycles. The smallest absolute Gasteiger partial charge is 0.264 e. The second-order valence-electron chi connectivity index (χ2n) is 6.63. The molecule has 6 nitrogen and oxygen atoms in total. The van der Waals surface area contributed by atoms with Gasteiger partial charge >= 0.3 is 0 Å². The predicted octanol–water partition coefficient (Wildman–Crippen LogP) is 3.90. The molecule has 0 aliphatic rings. The van der Waals surface area contributed by atoms with Gasteiger partial charge in [0.25, 0.3) is 10.0 Å². The molecule has 0 aliphatic heterocycles. The number of benzene rings is 2. The Balaban J connectivity index is 1.70. The maximum absolute atomic E-state index is 13.1. The normalized spacial score (nSPS) is 11.6. The fourth-order valence-corrected chi connectivity index (χ4v) is 4.59. The Hall–Kier alpha value is -3.19. The van der Waals surface area contributed by atoms with Crippen LogP contribution in [0.4, 0.5) is 5.69 Å². The third-order valence-electron chi connectivity index (χ3n) is 4.68. The summed E-state index contributed by atoms with van der Waals surface area (Å²) in [5.41, 5.74) is 3.44. The van der Waals surface area contributed by atoms with E-state index in [0.717, 1.165) is 16.6 Å². The molecule has 4 aromatic rings. The van der Waals surface area contributed by atoms with Crippen LogP contribution in [0.1, 0.15) is 17.0 Å². The first-order valence-corrected chi connectivity index (χ1v) is 10.4. The first-order valence-electron chi connectivity index (χ1n) is 8.90. The Bertz CT molecular complexity index is 1240. The maximum atomic E-state index is 13.1. The monoisotopic (exact) mass is 392 g/mol. The number of aryl methyl sites for hydroxylation is 1. The molecular weight excluding hydrogens is 372 g/mol. The summed E-state index contributed by atoms with van der Waals surface area (Å²) in [7, 11) is -3.81. The molecule has 2 heterocycles. The van der Waals surface area contributed by atoms with Gasteiger partial charge in [0.15, 0.2) is 0 Å². The van der Waals surface area contributed by atoms with E-state index in [0.29, 0.717) is 23.4 Å². The SMILES string of the molecule is Cc1nn(Cc2ccccc2)c(C)c1NS(=O)(=O)c1cccc2cccnc12. The molecule has 0 bridgehead atoms. The molecule has 0 amide bonds. The lowest BCUT2D eigenvalue weighted by Crippen LogP contribution is -2.15. The van der Waals surface area contributed by atoms with E-state index in [1.807, 2.05) is 54.1 Å². The van der Waals surface area contributed by atoms with Gasteiger partial charge in [-0.1, -0.05) is 48.5 Å². The van der Waals surface area contributed by atoms with E-state index in [4.69, 9.17) is 0 Å². The number of aromatic nitrogens is 3. The van der Waals surface area contributed by atoms with E-state index >= 15 is 0 Å². The van der Waals surface area contributed by atoms with Crippen LogP contribution in [-0.4, -0.2) is 23.2 Å². The molecule has 2 aromatic heterocycles. The summed E-state index contributed by atoms with van der Waals surface area (Å²) in [6, 6.07) is 18.7. The number of pyridine rings is 1. The number of nitrogens with zero attached hydrogens (tertiary/aromatic N) is 3. The minimum atomic E-state index is -3.81. The van der Waals surface area contributed by atoms with E-state index in [2.05, 4.69) is 14.8 Å². The van der Waals surface area contributed by atoms with Crippen molar-refractivity contribution in [1.29, 1.82) is 0 Å². The molecule has 1 N–H and O–H groups in total. The lowest BCUT2D eigenvalue weighted by atomic mass is 10.2. The molecule has 0 atom stereocenters. The Kier molecular flexibility index (Phi) is 4.60. The predicted molar refractivity (Wildman–Crippen MR) is 110 cm³/mol. The van der Waals surface area contributed by atoms with Crippen molar-refractivity contribution in [3.8, 4) is 0 Å². The average Bonchev–Trinajstić information content (AvgIpc) is 2.95. The minimum Gasteiger partial charge on any atom is -0.276 e. The van der Waals surface area contributed by atoms with Gasteiger partial charge in [-0.25, -0.2) is 8.42 Å². The van der Waals surface area contributed by atoms with Crippen LogP contribution in [0, 0.1) is 13.8 Å². The summed E-state index contributed by atoms with van der Waals surface area (Å²) < 4.78 is 30.7. The Labute approximate surface area is 163 Å². The van der Waals surface area contributed by atoms with Crippen molar-refractivity contribution in [3.05, 3.63) is 83.8 Å². The zero-order chi connectivity index (χ0) is 19.7. The second kappa shape index (κ2) is 7.09. The van der Waals surface area contributed by atoms with Crippen molar-refractivity contribution in [2.24, 2.45) is 0 Å². The van der Waals surface area contributed by atoms with E-state index < -0.39 is 10.0 Å². The van der Waals surface area contributed by atoms with Crippen LogP contribution in [0.25, 0.3) is 10.9 Å². The summed E-state index contributed by atoms with van der Waals surface area (Å²) in [5.74, 6) is 0. The van der Waals surface area contributed by atoms with Crippen LogP contribution >= 0.6 is 0 Å². The standard InChI is InChI=1S/C21H20N4O2S/c1-15-20(16(2)25(23-15)14-17-8-4-3-5-9-17)24-28(26,27)19-12-6-10-18-11-7-13-22-21(18)19/h3-13,24H,14H2,1-2H3. The van der Waals surface area contributed by atoms with Gasteiger partial charge in [-0.05, 0) is 31.5 Å². The highest BCUT2D eigenvalue weighted by molar-refractivity contribution is 7.93. The molecule has 0 fully saturated rings. The Morgan fingerprint density at radius 2 is 1.71 bits per heavy atom. The van der Waals surface area contributed by atoms with E-state index in [1.165, 1.54) is 0 Å². The van der Waals surface area contributed by atoms with Gasteiger partial charge in [-0.15, -0.1) is 0 Å². The van der Waals surface area contributed by atoms with Crippen molar-refractivity contribution < 1.29 is 8.42 Å². The van der Waals surface area contributed by atoms with Crippen LogP contribution in [0.5, 0.6) is 0 Å². The third kappa shape index (κ3) is 3.36. The van der Waals surface area contributed by atoms with Gasteiger partial charge in [0, 0.05) is 11.6 Å². The van der Waals surface area contributed by atoms with Gasteiger partial charge < -0.3 is 0 Å². The van der Waals surface area contributed by atoms with Crippen molar-refractivity contribution in [3.63, 3.8) is 0 Å². The third-order valence-corrected chi connectivity index (χ3v) is 6.06. The molecule has 4 rings (SSSR count). The molecule has 142 valence electrons. The number of anilines is 1. The van der Waals surface area contributed by atoms with Crippen LogP contribution in [0.2, 0.25) is 0 Å². The molecule has 0 saturated heterocycles. The number of rotatable bonds is 5. The molecule has 0 unspecified atom stereocenters. The molecule has 0 aliphatic carbocycles. The largest absolute Gasteiger partial charge is 0.276 e. The molecule has 0 spiro atoms. The van der Waals surface area contributed by atoms with Crippen LogP contribution < -0.4 is 4.72 Å². The summed E-state index contributed by atoms with van der Waals surface area (Å²) in [5, 5.41) is 5.30. The van der Waals surface area contributed by atoms with Crippen molar-refractivity contribution in [1.82, 2.24) is 14.8 Å². The highest BCUT2D eigenvalue weighted by atomic mass is 32.2. The van der Waals surface area contributed by atoms with Crippen LogP contribution in [-0.2, 0) is 16.6 Å².